The van der Waals surface area contributed by atoms with Crippen molar-refractivity contribution in [3.8, 4) is 34.3 Å². The molecule has 0 aliphatic heterocycles. The van der Waals surface area contributed by atoms with Gasteiger partial charge in [-0.15, -0.1) is 21.5 Å². The van der Waals surface area contributed by atoms with Crippen LogP contribution in [-0.2, 0) is 11.2 Å². The Balaban J connectivity index is 1.26. The third-order valence-corrected chi connectivity index (χ3v) is 9.68. The molecule has 0 spiro atoms. The van der Waals surface area contributed by atoms with Crippen LogP contribution in [0.1, 0.15) is 44.4 Å². The molecule has 1 atom stereocenters. The number of nitrogens with one attached hydrogen (secondary N) is 1. The van der Waals surface area contributed by atoms with Crippen LogP contribution in [0, 0.1) is 13.8 Å². The third-order valence-electron chi connectivity index (χ3n) is 7.72. The summed E-state index contributed by atoms with van der Waals surface area (Å²) >= 11 is 2.87. The summed E-state index contributed by atoms with van der Waals surface area (Å²) in [6, 6.07) is 13.8. The van der Waals surface area contributed by atoms with Gasteiger partial charge in [-0.3, -0.25) is 19.5 Å². The number of aryl methyl sites for hydroxylation is 2. The third kappa shape index (κ3) is 6.20. The van der Waals surface area contributed by atoms with Crippen LogP contribution in [0.15, 0.2) is 59.2 Å². The second-order valence-corrected chi connectivity index (χ2v) is 12.7. The number of fused-ring (bicyclic) bond motifs is 1. The molecule has 3 aromatic heterocycles. The molecule has 1 aliphatic carbocycles. The van der Waals surface area contributed by atoms with Crippen LogP contribution in [0.25, 0.3) is 17.1 Å². The summed E-state index contributed by atoms with van der Waals surface area (Å²) in [6.45, 7) is 4.05. The molecule has 1 aliphatic rings. The van der Waals surface area contributed by atoms with Crippen molar-refractivity contribution in [3.05, 3.63) is 81.3 Å². The van der Waals surface area contributed by atoms with Gasteiger partial charge in [0.15, 0.2) is 28.3 Å². The van der Waals surface area contributed by atoms with Crippen LogP contribution >= 0.6 is 23.1 Å². The Morgan fingerprint density at radius 1 is 1.04 bits per heavy atom. The van der Waals surface area contributed by atoms with Crippen LogP contribution in [-0.4, -0.2) is 63.5 Å². The Bertz CT molecular complexity index is 1900. The SMILES string of the molecule is COc1cc(-c2nnc(SCC(=O)Nc3ncc4c(n3)C[C@@H](c3cccs3)CC4=O)n2-c2ccc(C)cc2C)cc(OC)c1OC. The van der Waals surface area contributed by atoms with Crippen molar-refractivity contribution < 1.29 is 23.8 Å². The number of methoxy groups -OCH3 is 3. The van der Waals surface area contributed by atoms with Gasteiger partial charge in [0.1, 0.15) is 0 Å². The number of nitrogens with zero attached hydrogens (tertiary/aromatic N) is 5. The number of thiophene rings is 1. The van der Waals surface area contributed by atoms with E-state index >= 15 is 0 Å². The number of benzene rings is 2. The molecule has 0 radical (unpaired) electrons. The summed E-state index contributed by atoms with van der Waals surface area (Å²) in [6.07, 6.45) is 2.56. The molecule has 0 saturated carbocycles. The molecule has 11 nitrogen and oxygen atoms in total. The Morgan fingerprint density at radius 3 is 2.50 bits per heavy atom. The minimum Gasteiger partial charge on any atom is -0.493 e. The van der Waals surface area contributed by atoms with Crippen molar-refractivity contribution in [2.24, 2.45) is 0 Å². The van der Waals surface area contributed by atoms with Gasteiger partial charge in [0.25, 0.3) is 0 Å². The zero-order valence-corrected chi connectivity index (χ0v) is 27.6. The van der Waals surface area contributed by atoms with Crippen molar-refractivity contribution in [2.75, 3.05) is 32.4 Å². The van der Waals surface area contributed by atoms with Gasteiger partial charge >= 0.3 is 0 Å². The number of amides is 1. The van der Waals surface area contributed by atoms with Crippen molar-refractivity contribution in [1.82, 2.24) is 24.7 Å². The maximum atomic E-state index is 13.2. The lowest BCUT2D eigenvalue weighted by Gasteiger charge is -2.22. The molecule has 0 bridgehead atoms. The quantitative estimate of drug-likeness (QED) is 0.177. The molecule has 236 valence electrons. The highest BCUT2D eigenvalue weighted by atomic mass is 32.2. The van der Waals surface area contributed by atoms with E-state index in [2.05, 4.69) is 31.5 Å². The molecule has 0 saturated heterocycles. The van der Waals surface area contributed by atoms with Gasteiger partial charge in [0.2, 0.25) is 17.6 Å². The van der Waals surface area contributed by atoms with Gasteiger partial charge in [0, 0.05) is 29.0 Å². The molecule has 2 aromatic carbocycles. The molecule has 3 heterocycles. The molecule has 0 unspecified atom stereocenters. The summed E-state index contributed by atoms with van der Waals surface area (Å²) in [5.74, 6) is 1.93. The smallest absolute Gasteiger partial charge is 0.237 e. The maximum Gasteiger partial charge on any atom is 0.237 e. The number of rotatable bonds is 10. The van der Waals surface area contributed by atoms with Gasteiger partial charge in [-0.1, -0.05) is 35.5 Å². The lowest BCUT2D eigenvalue weighted by atomic mass is 9.86. The largest absolute Gasteiger partial charge is 0.493 e. The summed E-state index contributed by atoms with van der Waals surface area (Å²) in [5.41, 5.74) is 4.85. The number of ether oxygens (including phenoxy) is 3. The second-order valence-electron chi connectivity index (χ2n) is 10.8. The van der Waals surface area contributed by atoms with Crippen molar-refractivity contribution in [3.63, 3.8) is 0 Å². The predicted octanol–water partition coefficient (Wildman–Crippen LogP) is 6.07. The van der Waals surface area contributed by atoms with E-state index < -0.39 is 0 Å². The van der Waals surface area contributed by atoms with Crippen molar-refractivity contribution in [2.45, 2.75) is 37.8 Å². The van der Waals surface area contributed by atoms with Crippen LogP contribution < -0.4 is 19.5 Å². The number of carbonyl (C=O) groups is 2. The normalized spacial score (nSPS) is 14.1. The van der Waals surface area contributed by atoms with E-state index in [4.69, 9.17) is 14.2 Å². The first-order valence-corrected chi connectivity index (χ1v) is 16.3. The Labute approximate surface area is 274 Å². The van der Waals surface area contributed by atoms with Gasteiger partial charge in [-0.05, 0) is 55.5 Å². The highest BCUT2D eigenvalue weighted by Gasteiger charge is 2.29. The van der Waals surface area contributed by atoms with Crippen LogP contribution in [0.4, 0.5) is 5.95 Å². The molecule has 46 heavy (non-hydrogen) atoms. The predicted molar refractivity (Wildman–Crippen MR) is 177 cm³/mol. The fourth-order valence-corrected chi connectivity index (χ4v) is 7.13. The van der Waals surface area contributed by atoms with Crippen molar-refractivity contribution >= 4 is 40.7 Å². The number of hydrogen-bond acceptors (Lipinski definition) is 11. The number of ketones is 1. The van der Waals surface area contributed by atoms with E-state index in [1.54, 1.807) is 32.7 Å². The first-order chi connectivity index (χ1) is 22.3. The summed E-state index contributed by atoms with van der Waals surface area (Å²) in [5, 5.41) is 14.3. The summed E-state index contributed by atoms with van der Waals surface area (Å²) < 4.78 is 18.6. The van der Waals surface area contributed by atoms with E-state index in [0.29, 0.717) is 57.9 Å². The Kier molecular flexibility index (Phi) is 9.04. The standard InChI is InChI=1S/C33H32N6O5S2/c1-18-8-9-24(19(2)11-18)39-31(21-14-26(42-3)30(44-5)27(15-21)43-4)37-38-33(39)46-17-29(41)36-32-34-16-22-23(35-32)12-20(13-25(22)40)28-7-6-10-45-28/h6-11,14-16,20H,12-13,17H2,1-5H3,(H,34,35,36,41)/t20-/m1/s1. The zero-order chi connectivity index (χ0) is 32.4. The Hall–Kier alpha value is -4.75. The van der Waals surface area contributed by atoms with E-state index in [1.165, 1.54) is 18.0 Å². The fourth-order valence-electron chi connectivity index (χ4n) is 5.55. The van der Waals surface area contributed by atoms with Gasteiger partial charge in [-0.2, -0.15) is 0 Å². The number of aromatic nitrogens is 5. The van der Waals surface area contributed by atoms with Gasteiger partial charge in [-0.25, -0.2) is 9.97 Å². The van der Waals surface area contributed by atoms with E-state index in [9.17, 15) is 9.59 Å². The number of thioether (sulfide) groups is 1. The molecule has 1 amide bonds. The van der Waals surface area contributed by atoms with Crippen LogP contribution in [0.5, 0.6) is 17.2 Å². The summed E-state index contributed by atoms with van der Waals surface area (Å²) in [4.78, 5) is 35.9. The van der Waals surface area contributed by atoms with Crippen molar-refractivity contribution in [1.29, 1.82) is 0 Å². The van der Waals surface area contributed by atoms with E-state index in [1.807, 2.05) is 60.2 Å². The molecule has 6 rings (SSSR count). The molecule has 0 fully saturated rings. The monoisotopic (exact) mass is 656 g/mol. The number of anilines is 1. The van der Waals surface area contributed by atoms with Crippen LogP contribution in [0.2, 0.25) is 0 Å². The zero-order valence-electron chi connectivity index (χ0n) is 26.0. The molecule has 13 heteroatoms. The Morgan fingerprint density at radius 2 is 1.83 bits per heavy atom. The lowest BCUT2D eigenvalue weighted by molar-refractivity contribution is -0.113. The number of carbonyl (C=O) groups excluding carboxylic acids is 2. The van der Waals surface area contributed by atoms with E-state index in [0.717, 1.165) is 21.7 Å². The average molecular weight is 657 g/mol. The van der Waals surface area contributed by atoms with E-state index in [-0.39, 0.29) is 29.3 Å². The summed E-state index contributed by atoms with van der Waals surface area (Å²) in [7, 11) is 4.67. The first kappa shape index (κ1) is 31.2. The van der Waals surface area contributed by atoms with Gasteiger partial charge < -0.3 is 14.2 Å². The minimum absolute atomic E-state index is 0.0155. The van der Waals surface area contributed by atoms with Crippen LogP contribution in [0.3, 0.4) is 0 Å². The lowest BCUT2D eigenvalue weighted by Crippen LogP contribution is -2.22. The highest BCUT2D eigenvalue weighted by molar-refractivity contribution is 7.99. The highest BCUT2D eigenvalue weighted by Crippen LogP contribution is 2.42. The molecule has 5 aromatic rings. The minimum atomic E-state index is -0.314. The number of hydrogen-bond donors (Lipinski definition) is 1. The molecular weight excluding hydrogens is 625 g/mol. The maximum absolute atomic E-state index is 13.2. The second kappa shape index (κ2) is 13.3. The van der Waals surface area contributed by atoms with Gasteiger partial charge in [0.05, 0.1) is 44.0 Å². The molecular formula is C33H32N6O5S2. The first-order valence-electron chi connectivity index (χ1n) is 14.5. The molecule has 1 N–H and O–H groups in total. The average Bonchev–Trinajstić information content (AvgIpc) is 3.74. The fraction of sp³-hybridized carbons (Fsp3) is 0.273. The number of Topliss-reactive ketones (excluding diaryl/α,β-unsaturated/α-hetero) is 1. The topological polar surface area (TPSA) is 130 Å².